The molecule has 0 unspecified atom stereocenters. The number of esters is 1. The molecule has 3 aromatic carbocycles. The van der Waals surface area contributed by atoms with E-state index in [1.54, 1.807) is 24.3 Å². The Morgan fingerprint density at radius 3 is 1.69 bits per heavy atom. The Labute approximate surface area is 267 Å². The van der Waals surface area contributed by atoms with Crippen LogP contribution in [0, 0.1) is 0 Å². The second-order valence-electron chi connectivity index (χ2n) is 11.6. The van der Waals surface area contributed by atoms with Crippen LogP contribution in [-0.2, 0) is 11.3 Å². The van der Waals surface area contributed by atoms with Crippen LogP contribution in [0.2, 0.25) is 0 Å². The van der Waals surface area contributed by atoms with Gasteiger partial charge >= 0.3 is 12.1 Å². The summed E-state index contributed by atoms with van der Waals surface area (Å²) >= 11 is 0. The van der Waals surface area contributed by atoms with E-state index in [9.17, 15) is 18.0 Å². The molecule has 0 aliphatic heterocycles. The largest absolute Gasteiger partial charge is 0.494 e. The highest BCUT2D eigenvalue weighted by molar-refractivity contribution is 5.91. The van der Waals surface area contributed by atoms with Crippen LogP contribution in [-0.4, -0.2) is 25.4 Å². The number of hydrogen-bond donors (Lipinski definition) is 0. The highest BCUT2D eigenvalue weighted by Crippen LogP contribution is 2.26. The molecule has 0 amide bonds. The Hall–Kier alpha value is -3.32. The maximum Gasteiger partial charge on any atom is 0.389 e. The van der Waals surface area contributed by atoms with Crippen LogP contribution >= 0.6 is 0 Å². The van der Waals surface area contributed by atoms with E-state index < -0.39 is 18.6 Å². The van der Waals surface area contributed by atoms with E-state index in [-0.39, 0.29) is 6.42 Å². The molecule has 0 radical (unpaired) electrons. The van der Waals surface area contributed by atoms with Gasteiger partial charge in [0.15, 0.2) is 0 Å². The molecular weight excluding hydrogens is 577 g/mol. The summed E-state index contributed by atoms with van der Waals surface area (Å²) in [6, 6.07) is 22.6. The van der Waals surface area contributed by atoms with Crippen molar-refractivity contribution < 1.29 is 32.2 Å². The van der Waals surface area contributed by atoms with Gasteiger partial charge in [-0.1, -0.05) is 108 Å². The number of ether oxygens (including phenoxy) is 3. The first-order chi connectivity index (χ1) is 21.8. The molecule has 0 saturated heterocycles. The Morgan fingerprint density at radius 1 is 0.600 bits per heavy atom. The maximum atomic E-state index is 12.6. The first kappa shape index (κ1) is 36.2. The Bertz CT molecular complexity index is 1210. The highest BCUT2D eigenvalue weighted by atomic mass is 19.4. The number of alkyl halides is 3. The van der Waals surface area contributed by atoms with Crippen LogP contribution in [0.3, 0.4) is 0 Å². The van der Waals surface area contributed by atoms with Gasteiger partial charge in [0.25, 0.3) is 0 Å². The molecule has 0 aliphatic carbocycles. The van der Waals surface area contributed by atoms with Crippen molar-refractivity contribution in [1.29, 1.82) is 0 Å². The van der Waals surface area contributed by atoms with E-state index in [0.717, 1.165) is 54.7 Å². The van der Waals surface area contributed by atoms with Gasteiger partial charge in [-0.3, -0.25) is 0 Å². The monoisotopic (exact) mass is 626 g/mol. The fraction of sp³-hybridized carbons (Fsp3) is 0.500. The molecule has 0 spiro atoms. The number of halogens is 3. The maximum absolute atomic E-state index is 12.6. The Balaban J connectivity index is 1.31. The van der Waals surface area contributed by atoms with Gasteiger partial charge in [0.2, 0.25) is 0 Å². The summed E-state index contributed by atoms with van der Waals surface area (Å²) in [6.45, 7) is 3.95. The third-order valence-electron chi connectivity index (χ3n) is 7.73. The summed E-state index contributed by atoms with van der Waals surface area (Å²) in [5.74, 6) is 0.917. The molecule has 45 heavy (non-hydrogen) atoms. The second kappa shape index (κ2) is 20.7. The molecule has 0 aliphatic rings. The third-order valence-corrected chi connectivity index (χ3v) is 7.73. The predicted octanol–water partition coefficient (Wildman–Crippen LogP) is 11.5. The number of rotatable bonds is 22. The lowest BCUT2D eigenvalue weighted by atomic mass is 10.1. The third kappa shape index (κ3) is 15.5. The van der Waals surface area contributed by atoms with Gasteiger partial charge in [-0.15, -0.1) is 0 Å². The molecule has 0 saturated carbocycles. The molecule has 3 rings (SSSR count). The first-order valence-corrected chi connectivity index (χ1v) is 16.6. The first-order valence-electron chi connectivity index (χ1n) is 16.6. The van der Waals surface area contributed by atoms with E-state index in [0.29, 0.717) is 30.9 Å². The minimum Gasteiger partial charge on any atom is -0.494 e. The van der Waals surface area contributed by atoms with Crippen molar-refractivity contribution in [2.24, 2.45) is 0 Å². The van der Waals surface area contributed by atoms with Gasteiger partial charge in [-0.05, 0) is 72.4 Å². The summed E-state index contributed by atoms with van der Waals surface area (Å²) in [5.41, 5.74) is 3.47. The fourth-order valence-electron chi connectivity index (χ4n) is 5.04. The number of benzene rings is 3. The van der Waals surface area contributed by atoms with Crippen molar-refractivity contribution in [3.8, 4) is 22.6 Å². The minimum absolute atomic E-state index is 0.189. The minimum atomic E-state index is -4.06. The number of carbonyl (C=O) groups is 1. The smallest absolute Gasteiger partial charge is 0.389 e. The molecule has 7 heteroatoms. The Kier molecular flexibility index (Phi) is 16.6. The van der Waals surface area contributed by atoms with Gasteiger partial charge in [-0.25, -0.2) is 4.79 Å². The van der Waals surface area contributed by atoms with Crippen molar-refractivity contribution >= 4 is 5.97 Å². The van der Waals surface area contributed by atoms with E-state index in [1.807, 2.05) is 48.5 Å². The van der Waals surface area contributed by atoms with Gasteiger partial charge in [0, 0.05) is 13.0 Å². The molecular formula is C38H49F3O4. The van der Waals surface area contributed by atoms with E-state index in [1.165, 1.54) is 44.9 Å². The van der Waals surface area contributed by atoms with Gasteiger partial charge < -0.3 is 14.2 Å². The van der Waals surface area contributed by atoms with Crippen molar-refractivity contribution in [1.82, 2.24) is 0 Å². The summed E-state index contributed by atoms with van der Waals surface area (Å²) in [4.78, 5) is 12.6. The summed E-state index contributed by atoms with van der Waals surface area (Å²) in [7, 11) is 0. The average molecular weight is 627 g/mol. The van der Waals surface area contributed by atoms with E-state index in [2.05, 4.69) is 6.92 Å². The highest BCUT2D eigenvalue weighted by Gasteiger charge is 2.25. The van der Waals surface area contributed by atoms with Gasteiger partial charge in [-0.2, -0.15) is 13.2 Å². The van der Waals surface area contributed by atoms with Crippen molar-refractivity contribution in [3.05, 3.63) is 83.9 Å². The molecule has 0 N–H and O–H groups in total. The molecule has 3 aromatic rings. The lowest BCUT2D eigenvalue weighted by Gasteiger charge is -2.09. The van der Waals surface area contributed by atoms with Crippen LogP contribution in [0.4, 0.5) is 13.2 Å². The molecule has 0 bridgehead atoms. The molecule has 246 valence electrons. The normalized spacial score (nSPS) is 11.5. The molecule has 0 fully saturated rings. The standard InChI is InChI=1S/C38H49F3O4/c1-2-3-4-5-6-7-11-14-29-44-35-23-19-32(20-24-35)33-21-25-36(26-22-33)45-37(42)34-17-15-31(16-18-34)30-43-28-13-10-8-9-12-27-38(39,40)41/h15-26H,2-14,27-30H2,1H3. The van der Waals surface area contributed by atoms with Crippen molar-refractivity contribution in [2.45, 2.75) is 110 Å². The topological polar surface area (TPSA) is 44.8 Å². The molecule has 4 nitrogen and oxygen atoms in total. The van der Waals surface area contributed by atoms with Crippen LogP contribution in [0.25, 0.3) is 11.1 Å². The van der Waals surface area contributed by atoms with Gasteiger partial charge in [0.1, 0.15) is 11.5 Å². The number of carbonyl (C=O) groups excluding carboxylic acids is 1. The quantitative estimate of drug-likeness (QED) is 0.0632. The van der Waals surface area contributed by atoms with E-state index in [4.69, 9.17) is 14.2 Å². The second-order valence-corrected chi connectivity index (χ2v) is 11.6. The lowest BCUT2D eigenvalue weighted by Crippen LogP contribution is -2.08. The predicted molar refractivity (Wildman–Crippen MR) is 175 cm³/mol. The zero-order chi connectivity index (χ0) is 32.2. The summed E-state index contributed by atoms with van der Waals surface area (Å²) in [5, 5.41) is 0. The molecule has 0 heterocycles. The fourth-order valence-corrected chi connectivity index (χ4v) is 5.04. The van der Waals surface area contributed by atoms with Crippen LogP contribution in [0.5, 0.6) is 11.5 Å². The molecule has 0 aromatic heterocycles. The SMILES string of the molecule is CCCCCCCCCCOc1ccc(-c2ccc(OC(=O)c3ccc(COCCCCCCCC(F)(F)F)cc3)cc2)cc1. The lowest BCUT2D eigenvalue weighted by molar-refractivity contribution is -0.135. The zero-order valence-electron chi connectivity index (χ0n) is 26.7. The van der Waals surface area contributed by atoms with Crippen molar-refractivity contribution in [3.63, 3.8) is 0 Å². The summed E-state index contributed by atoms with van der Waals surface area (Å²) < 4.78 is 53.6. The molecule has 0 atom stereocenters. The van der Waals surface area contributed by atoms with Crippen molar-refractivity contribution in [2.75, 3.05) is 13.2 Å². The van der Waals surface area contributed by atoms with Crippen LogP contribution < -0.4 is 9.47 Å². The summed E-state index contributed by atoms with van der Waals surface area (Å²) in [6.07, 6.45) is 8.70. The average Bonchev–Trinajstić information content (AvgIpc) is 3.03. The van der Waals surface area contributed by atoms with Gasteiger partial charge in [0.05, 0.1) is 18.8 Å². The zero-order valence-corrected chi connectivity index (χ0v) is 26.7. The number of unbranched alkanes of at least 4 members (excludes halogenated alkanes) is 11. The van der Waals surface area contributed by atoms with Crippen LogP contribution in [0.15, 0.2) is 72.8 Å². The number of hydrogen-bond acceptors (Lipinski definition) is 4. The Morgan fingerprint density at radius 2 is 1.11 bits per heavy atom. The van der Waals surface area contributed by atoms with Crippen LogP contribution in [0.1, 0.15) is 113 Å². The van der Waals surface area contributed by atoms with E-state index >= 15 is 0 Å².